The van der Waals surface area contributed by atoms with Gasteiger partial charge in [-0.15, -0.1) is 0 Å². The molecule has 2 aromatic rings. The van der Waals surface area contributed by atoms with E-state index in [0.717, 1.165) is 24.2 Å². The first-order valence-electron chi connectivity index (χ1n) is 8.58. The molecule has 0 atom stereocenters. The Morgan fingerprint density at radius 3 is 2.48 bits per heavy atom. The van der Waals surface area contributed by atoms with Crippen LogP contribution < -0.4 is 14.4 Å². The van der Waals surface area contributed by atoms with Gasteiger partial charge in [0.05, 0.1) is 19.2 Å². The van der Waals surface area contributed by atoms with Gasteiger partial charge in [-0.05, 0) is 54.5 Å². The van der Waals surface area contributed by atoms with Crippen LogP contribution in [-0.2, 0) is 4.79 Å². The van der Waals surface area contributed by atoms with Gasteiger partial charge in [-0.3, -0.25) is 9.59 Å². The molecule has 0 N–H and O–H groups in total. The van der Waals surface area contributed by atoms with Gasteiger partial charge in [0.25, 0.3) is 0 Å². The van der Waals surface area contributed by atoms with Crippen molar-refractivity contribution in [2.75, 3.05) is 25.7 Å². The fourth-order valence-electron chi connectivity index (χ4n) is 3.03. The van der Waals surface area contributed by atoms with Crippen molar-refractivity contribution in [3.8, 4) is 11.5 Å². The Labute approximate surface area is 163 Å². The molecule has 6 heteroatoms. The van der Waals surface area contributed by atoms with Crippen molar-refractivity contribution in [1.29, 1.82) is 0 Å². The summed E-state index contributed by atoms with van der Waals surface area (Å²) in [5.74, 6) is 0.936. The molecule has 2 aromatic carbocycles. The van der Waals surface area contributed by atoms with Gasteiger partial charge in [0.15, 0.2) is 17.3 Å². The summed E-state index contributed by atoms with van der Waals surface area (Å²) in [7, 11) is 3.04. The Bertz CT molecular complexity index is 890. The van der Waals surface area contributed by atoms with Crippen LogP contribution in [0.15, 0.2) is 42.5 Å². The van der Waals surface area contributed by atoms with Gasteiger partial charge < -0.3 is 14.4 Å². The summed E-state index contributed by atoms with van der Waals surface area (Å²) in [6, 6.07) is 10.5. The van der Waals surface area contributed by atoms with Gasteiger partial charge in [-0.25, -0.2) is 0 Å². The third-order valence-electron chi connectivity index (χ3n) is 4.42. The summed E-state index contributed by atoms with van der Waals surface area (Å²) in [5.41, 5.74) is 2.10. The highest BCUT2D eigenvalue weighted by molar-refractivity contribution is 6.32. The molecule has 0 saturated carbocycles. The topological polar surface area (TPSA) is 55.8 Å². The van der Waals surface area contributed by atoms with Crippen LogP contribution >= 0.6 is 11.6 Å². The van der Waals surface area contributed by atoms with E-state index in [-0.39, 0.29) is 11.7 Å². The highest BCUT2D eigenvalue weighted by atomic mass is 35.5. The van der Waals surface area contributed by atoms with E-state index in [1.165, 1.54) is 20.3 Å². The SMILES string of the molecule is COc1cc(/C=C/C(=O)c2ccc(N3CCCC3=O)cc2)cc(Cl)c1OC. The van der Waals surface area contributed by atoms with Crippen LogP contribution in [0.5, 0.6) is 11.5 Å². The number of rotatable bonds is 6. The summed E-state index contributed by atoms with van der Waals surface area (Å²) < 4.78 is 10.5. The average molecular weight is 386 g/mol. The molecule has 0 aromatic heterocycles. The molecule has 0 aliphatic carbocycles. The van der Waals surface area contributed by atoms with E-state index < -0.39 is 0 Å². The van der Waals surface area contributed by atoms with Crippen LogP contribution in [0.3, 0.4) is 0 Å². The summed E-state index contributed by atoms with van der Waals surface area (Å²) in [6.07, 6.45) is 4.61. The lowest BCUT2D eigenvalue weighted by Gasteiger charge is -2.15. The molecule has 1 amide bonds. The normalized spacial score (nSPS) is 14.0. The largest absolute Gasteiger partial charge is 0.493 e. The lowest BCUT2D eigenvalue weighted by Crippen LogP contribution is -2.23. The van der Waals surface area contributed by atoms with Crippen LogP contribution in [0, 0.1) is 0 Å². The zero-order valence-electron chi connectivity index (χ0n) is 15.2. The first-order valence-corrected chi connectivity index (χ1v) is 8.95. The number of carbonyl (C=O) groups is 2. The van der Waals surface area contributed by atoms with Crippen molar-refractivity contribution in [3.05, 3.63) is 58.6 Å². The molecule has 27 heavy (non-hydrogen) atoms. The third-order valence-corrected chi connectivity index (χ3v) is 4.70. The fourth-order valence-corrected chi connectivity index (χ4v) is 3.33. The molecule has 3 rings (SSSR count). The van der Waals surface area contributed by atoms with E-state index in [1.54, 1.807) is 47.4 Å². The standard InChI is InChI=1S/C21H20ClNO4/c1-26-19-13-14(12-17(22)21(19)27-2)5-10-18(24)15-6-8-16(9-7-15)23-11-3-4-20(23)25/h5-10,12-13H,3-4,11H2,1-2H3/b10-5+. The van der Waals surface area contributed by atoms with Crippen molar-refractivity contribution in [2.24, 2.45) is 0 Å². The smallest absolute Gasteiger partial charge is 0.227 e. The van der Waals surface area contributed by atoms with Crippen molar-refractivity contribution in [3.63, 3.8) is 0 Å². The second-order valence-electron chi connectivity index (χ2n) is 6.13. The molecule has 0 bridgehead atoms. The van der Waals surface area contributed by atoms with Gasteiger partial charge in [0, 0.05) is 24.2 Å². The maximum absolute atomic E-state index is 12.4. The molecular formula is C21H20ClNO4. The second-order valence-corrected chi connectivity index (χ2v) is 6.54. The number of carbonyl (C=O) groups excluding carboxylic acids is 2. The minimum Gasteiger partial charge on any atom is -0.493 e. The second kappa shape index (κ2) is 8.27. The van der Waals surface area contributed by atoms with E-state index in [2.05, 4.69) is 0 Å². The number of amides is 1. The summed E-state index contributed by atoms with van der Waals surface area (Å²) in [4.78, 5) is 26.0. The van der Waals surface area contributed by atoms with Crippen molar-refractivity contribution in [2.45, 2.75) is 12.8 Å². The van der Waals surface area contributed by atoms with Crippen molar-refractivity contribution in [1.82, 2.24) is 0 Å². The lowest BCUT2D eigenvalue weighted by molar-refractivity contribution is -0.117. The van der Waals surface area contributed by atoms with E-state index in [0.29, 0.717) is 28.5 Å². The Kier molecular flexibility index (Phi) is 5.81. The Morgan fingerprint density at radius 1 is 1.15 bits per heavy atom. The van der Waals surface area contributed by atoms with Crippen LogP contribution in [0.25, 0.3) is 6.08 Å². The van der Waals surface area contributed by atoms with E-state index in [1.807, 2.05) is 0 Å². The monoisotopic (exact) mass is 385 g/mol. The number of allylic oxidation sites excluding steroid dienone is 1. The average Bonchev–Trinajstić information content (AvgIpc) is 3.11. The fraction of sp³-hybridized carbons (Fsp3) is 0.238. The van der Waals surface area contributed by atoms with Crippen LogP contribution in [0.1, 0.15) is 28.8 Å². The number of nitrogens with zero attached hydrogens (tertiary/aromatic N) is 1. The number of ketones is 1. The summed E-state index contributed by atoms with van der Waals surface area (Å²) >= 11 is 6.18. The number of hydrogen-bond donors (Lipinski definition) is 0. The number of hydrogen-bond acceptors (Lipinski definition) is 4. The Hall–Kier alpha value is -2.79. The van der Waals surface area contributed by atoms with E-state index in [9.17, 15) is 9.59 Å². The van der Waals surface area contributed by atoms with Crippen molar-refractivity contribution < 1.29 is 19.1 Å². The predicted molar refractivity (Wildman–Crippen MR) is 106 cm³/mol. The van der Waals surface area contributed by atoms with Gasteiger partial charge in [-0.2, -0.15) is 0 Å². The molecule has 1 saturated heterocycles. The first kappa shape index (κ1) is 19.0. The molecular weight excluding hydrogens is 366 g/mol. The van der Waals surface area contributed by atoms with Crippen LogP contribution in [-0.4, -0.2) is 32.5 Å². The van der Waals surface area contributed by atoms with E-state index >= 15 is 0 Å². The molecule has 1 fully saturated rings. The molecule has 140 valence electrons. The number of ether oxygens (including phenoxy) is 2. The summed E-state index contributed by atoms with van der Waals surface area (Å²) in [6.45, 7) is 0.728. The number of benzene rings is 2. The van der Waals surface area contributed by atoms with Gasteiger partial charge in [-0.1, -0.05) is 17.7 Å². The number of methoxy groups -OCH3 is 2. The van der Waals surface area contributed by atoms with Gasteiger partial charge in [0.1, 0.15) is 0 Å². The Balaban J connectivity index is 1.75. The molecule has 1 aliphatic rings. The number of anilines is 1. The molecule has 5 nitrogen and oxygen atoms in total. The predicted octanol–water partition coefficient (Wildman–Crippen LogP) is 4.38. The zero-order chi connectivity index (χ0) is 19.4. The number of halogens is 1. The third kappa shape index (κ3) is 4.14. The van der Waals surface area contributed by atoms with Crippen LogP contribution in [0.4, 0.5) is 5.69 Å². The maximum atomic E-state index is 12.4. The quantitative estimate of drug-likeness (QED) is 0.547. The van der Waals surface area contributed by atoms with Gasteiger partial charge >= 0.3 is 0 Å². The molecule has 0 radical (unpaired) electrons. The lowest BCUT2D eigenvalue weighted by atomic mass is 10.1. The van der Waals surface area contributed by atoms with Crippen LogP contribution in [0.2, 0.25) is 5.02 Å². The molecule has 0 unspecified atom stereocenters. The first-order chi connectivity index (χ1) is 13.0. The zero-order valence-corrected chi connectivity index (χ0v) is 16.0. The Morgan fingerprint density at radius 2 is 1.89 bits per heavy atom. The highest BCUT2D eigenvalue weighted by Gasteiger charge is 2.21. The van der Waals surface area contributed by atoms with Gasteiger partial charge in [0.2, 0.25) is 5.91 Å². The minimum atomic E-state index is -0.139. The molecule has 1 aliphatic heterocycles. The van der Waals surface area contributed by atoms with Crippen molar-refractivity contribution >= 4 is 35.1 Å². The highest BCUT2D eigenvalue weighted by Crippen LogP contribution is 2.36. The maximum Gasteiger partial charge on any atom is 0.227 e. The minimum absolute atomic E-state index is 0.124. The van der Waals surface area contributed by atoms with E-state index in [4.69, 9.17) is 21.1 Å². The molecule has 1 heterocycles. The summed E-state index contributed by atoms with van der Waals surface area (Å²) in [5, 5.41) is 0.406. The molecule has 0 spiro atoms.